The molecule has 146 valence electrons. The summed E-state index contributed by atoms with van der Waals surface area (Å²) in [6.45, 7) is 3.81. The number of hydrogen-bond acceptors (Lipinski definition) is 3. The molecule has 29 heavy (non-hydrogen) atoms. The van der Waals surface area contributed by atoms with E-state index in [0.29, 0.717) is 11.4 Å². The Bertz CT molecular complexity index is 1290. The number of fused-ring (bicyclic) bond motifs is 2. The Balaban J connectivity index is 1.58. The number of carbonyl (C=O) groups excluding carboxylic acids is 1. The van der Waals surface area contributed by atoms with E-state index in [-0.39, 0.29) is 11.9 Å². The van der Waals surface area contributed by atoms with E-state index in [1.165, 1.54) is 0 Å². The monoisotopic (exact) mass is 387 g/mol. The van der Waals surface area contributed by atoms with E-state index in [1.807, 2.05) is 56.3 Å². The van der Waals surface area contributed by atoms with Gasteiger partial charge in [-0.2, -0.15) is 5.10 Å². The molecule has 0 fully saturated rings. The summed E-state index contributed by atoms with van der Waals surface area (Å²) in [5.41, 5.74) is 16.3. The first-order chi connectivity index (χ1) is 13.9. The number of benzene rings is 2. The highest BCUT2D eigenvalue weighted by Gasteiger charge is 2.11. The Hall–Kier alpha value is -4.07. The van der Waals surface area contributed by atoms with E-state index >= 15 is 0 Å². The van der Waals surface area contributed by atoms with Gasteiger partial charge in [-0.1, -0.05) is 6.07 Å². The van der Waals surface area contributed by atoms with Crippen molar-refractivity contribution in [2.45, 2.75) is 13.8 Å². The normalized spacial score (nSPS) is 11.7. The molecule has 8 heteroatoms. The molecule has 4 aromatic rings. The zero-order valence-electron chi connectivity index (χ0n) is 16.1. The van der Waals surface area contributed by atoms with Gasteiger partial charge in [0.1, 0.15) is 5.69 Å². The Morgan fingerprint density at radius 3 is 2.45 bits per heavy atom. The number of H-pyrrole nitrogens is 2. The minimum absolute atomic E-state index is 0.0981. The summed E-state index contributed by atoms with van der Waals surface area (Å²) in [5, 5.41) is 12.5. The lowest BCUT2D eigenvalue weighted by atomic mass is 10.1. The van der Waals surface area contributed by atoms with Crippen LogP contribution in [0, 0.1) is 6.92 Å². The van der Waals surface area contributed by atoms with Crippen LogP contribution in [0.2, 0.25) is 0 Å². The number of rotatable bonds is 4. The number of aromatic nitrogens is 2. The summed E-state index contributed by atoms with van der Waals surface area (Å²) in [6, 6.07) is 15.3. The molecule has 0 atom stereocenters. The molecule has 7 N–H and O–H groups in total. The number of amides is 1. The van der Waals surface area contributed by atoms with Crippen molar-refractivity contribution in [3.05, 3.63) is 65.5 Å². The van der Waals surface area contributed by atoms with Crippen LogP contribution in [0.5, 0.6) is 0 Å². The van der Waals surface area contributed by atoms with Gasteiger partial charge in [0.25, 0.3) is 5.91 Å². The van der Waals surface area contributed by atoms with Crippen molar-refractivity contribution in [3.63, 3.8) is 0 Å². The quantitative estimate of drug-likeness (QED) is 0.209. The molecule has 0 aliphatic rings. The van der Waals surface area contributed by atoms with Gasteiger partial charge in [-0.3, -0.25) is 4.79 Å². The van der Waals surface area contributed by atoms with Crippen LogP contribution in [0.1, 0.15) is 28.7 Å². The van der Waals surface area contributed by atoms with Gasteiger partial charge >= 0.3 is 0 Å². The van der Waals surface area contributed by atoms with Crippen molar-refractivity contribution in [1.29, 1.82) is 0 Å². The van der Waals surface area contributed by atoms with Crippen LogP contribution in [0.15, 0.2) is 58.7 Å². The van der Waals surface area contributed by atoms with Crippen molar-refractivity contribution in [3.8, 4) is 0 Å². The van der Waals surface area contributed by atoms with Gasteiger partial charge in [0.05, 0.1) is 5.71 Å². The van der Waals surface area contributed by atoms with Crippen molar-refractivity contribution in [2.75, 3.05) is 5.32 Å². The molecule has 2 aromatic carbocycles. The van der Waals surface area contributed by atoms with Gasteiger partial charge in [0, 0.05) is 33.2 Å². The molecule has 2 heterocycles. The Morgan fingerprint density at radius 2 is 1.66 bits per heavy atom. The van der Waals surface area contributed by atoms with E-state index in [2.05, 4.69) is 25.5 Å². The summed E-state index contributed by atoms with van der Waals surface area (Å²) in [5.74, 6) is -0.306. The molecule has 0 radical (unpaired) electrons. The SMILES string of the molecule is CC(=NN=C(N)N)c1ccc2[nH]c(C(=O)Nc3ccc4[nH]c(C)cc4c3)cc2c1. The van der Waals surface area contributed by atoms with Crippen molar-refractivity contribution in [2.24, 2.45) is 21.7 Å². The van der Waals surface area contributed by atoms with E-state index < -0.39 is 0 Å². The van der Waals surface area contributed by atoms with Crippen molar-refractivity contribution in [1.82, 2.24) is 9.97 Å². The Kier molecular flexibility index (Phi) is 4.52. The number of hydrogen-bond donors (Lipinski definition) is 5. The first-order valence-electron chi connectivity index (χ1n) is 9.06. The maximum absolute atomic E-state index is 12.7. The highest BCUT2D eigenvalue weighted by atomic mass is 16.1. The molecule has 2 aromatic heterocycles. The molecule has 0 bridgehead atoms. The molecule has 0 saturated heterocycles. The van der Waals surface area contributed by atoms with Gasteiger partial charge in [0.2, 0.25) is 5.96 Å². The molecule has 0 unspecified atom stereocenters. The van der Waals surface area contributed by atoms with Crippen LogP contribution in [-0.2, 0) is 0 Å². The zero-order valence-corrected chi connectivity index (χ0v) is 16.1. The topological polar surface area (TPSA) is 137 Å². The second-order valence-electron chi connectivity index (χ2n) is 6.90. The molecule has 0 aliphatic carbocycles. The van der Waals surface area contributed by atoms with Gasteiger partial charge in [0.15, 0.2) is 0 Å². The molecule has 8 nitrogen and oxygen atoms in total. The average Bonchev–Trinajstić information content (AvgIpc) is 3.27. The van der Waals surface area contributed by atoms with Crippen molar-refractivity contribution < 1.29 is 4.79 Å². The van der Waals surface area contributed by atoms with Crippen LogP contribution in [-0.4, -0.2) is 27.5 Å². The third-order valence-electron chi connectivity index (χ3n) is 4.61. The fraction of sp³-hybridized carbons (Fsp3) is 0.0952. The molecule has 0 spiro atoms. The van der Waals surface area contributed by atoms with E-state index in [1.54, 1.807) is 6.07 Å². The van der Waals surface area contributed by atoms with Crippen LogP contribution in [0.3, 0.4) is 0 Å². The number of aryl methyl sites for hydroxylation is 1. The van der Waals surface area contributed by atoms with Crippen molar-refractivity contribution >= 4 is 45.1 Å². The van der Waals surface area contributed by atoms with Crippen LogP contribution < -0.4 is 16.8 Å². The first kappa shape index (κ1) is 18.3. The standard InChI is InChI=1S/C21H21N7O/c1-11-7-14-9-16(4-6-17(14)24-11)25-20(29)19-10-15-8-13(3-5-18(15)26-19)12(2)27-28-21(22)23/h3-10,24,26H,1-2H3,(H,25,29)(H4,22,23,28). The fourth-order valence-corrected chi connectivity index (χ4v) is 3.22. The maximum atomic E-state index is 12.7. The van der Waals surface area contributed by atoms with Crippen LogP contribution in [0.25, 0.3) is 21.8 Å². The summed E-state index contributed by atoms with van der Waals surface area (Å²) in [6.07, 6.45) is 0. The zero-order chi connectivity index (χ0) is 20.5. The summed E-state index contributed by atoms with van der Waals surface area (Å²) in [7, 11) is 0. The highest BCUT2D eigenvalue weighted by molar-refractivity contribution is 6.08. The largest absolute Gasteiger partial charge is 0.369 e. The van der Waals surface area contributed by atoms with Gasteiger partial charge in [-0.05, 0) is 61.9 Å². The number of aromatic amines is 2. The molecule has 0 saturated carbocycles. The number of nitrogens with two attached hydrogens (primary N) is 2. The number of carbonyl (C=O) groups is 1. The smallest absolute Gasteiger partial charge is 0.272 e. The minimum Gasteiger partial charge on any atom is -0.369 e. The highest BCUT2D eigenvalue weighted by Crippen LogP contribution is 2.22. The second kappa shape index (κ2) is 7.16. The lowest BCUT2D eigenvalue weighted by Crippen LogP contribution is -2.22. The molecule has 4 rings (SSSR count). The minimum atomic E-state index is -0.208. The van der Waals surface area contributed by atoms with E-state index in [9.17, 15) is 4.79 Å². The fourth-order valence-electron chi connectivity index (χ4n) is 3.22. The van der Waals surface area contributed by atoms with E-state index in [4.69, 9.17) is 11.5 Å². The third-order valence-corrected chi connectivity index (χ3v) is 4.61. The number of anilines is 1. The second-order valence-corrected chi connectivity index (χ2v) is 6.90. The molecule has 0 aliphatic heterocycles. The third kappa shape index (κ3) is 3.81. The maximum Gasteiger partial charge on any atom is 0.272 e. The van der Waals surface area contributed by atoms with Crippen LogP contribution in [0.4, 0.5) is 5.69 Å². The first-order valence-corrected chi connectivity index (χ1v) is 9.06. The van der Waals surface area contributed by atoms with E-state index in [0.717, 1.165) is 38.8 Å². The number of guanidine groups is 1. The number of nitrogens with one attached hydrogen (secondary N) is 3. The lowest BCUT2D eigenvalue weighted by Gasteiger charge is -2.03. The lowest BCUT2D eigenvalue weighted by molar-refractivity contribution is 0.102. The van der Waals surface area contributed by atoms with Gasteiger partial charge in [-0.15, -0.1) is 5.10 Å². The van der Waals surface area contributed by atoms with Crippen LogP contribution >= 0.6 is 0 Å². The molecule has 1 amide bonds. The van der Waals surface area contributed by atoms with Gasteiger partial charge < -0.3 is 26.8 Å². The molecular formula is C21H21N7O. The average molecular weight is 387 g/mol. The Morgan fingerprint density at radius 1 is 0.931 bits per heavy atom. The summed E-state index contributed by atoms with van der Waals surface area (Å²) >= 11 is 0. The summed E-state index contributed by atoms with van der Waals surface area (Å²) in [4.78, 5) is 19.1. The van der Waals surface area contributed by atoms with Gasteiger partial charge in [-0.25, -0.2) is 0 Å². The summed E-state index contributed by atoms with van der Waals surface area (Å²) < 4.78 is 0. The number of nitrogens with zero attached hydrogens (tertiary/aromatic N) is 2. The predicted molar refractivity (Wildman–Crippen MR) is 117 cm³/mol. The Labute approximate surface area is 166 Å². The predicted octanol–water partition coefficient (Wildman–Crippen LogP) is 3.21. The molecular weight excluding hydrogens is 366 g/mol.